The molecular weight excluding hydrogens is 529 g/mol. The van der Waals surface area contributed by atoms with Crippen LogP contribution in [-0.2, 0) is 0 Å². The van der Waals surface area contributed by atoms with E-state index in [0.29, 0.717) is 0 Å². The van der Waals surface area contributed by atoms with Crippen molar-refractivity contribution in [3.05, 3.63) is 146 Å². The topological polar surface area (TPSA) is 13.1 Å². The Balaban J connectivity index is 1.49. The Morgan fingerprint density at radius 1 is 0.357 bits per heavy atom. The van der Waals surface area contributed by atoms with Gasteiger partial charge in [0, 0.05) is 26.6 Å². The Hall–Kier alpha value is -5.18. The minimum atomic E-state index is 0.930. The molecule has 0 spiro atoms. The molecule has 1 nitrogen and oxygen atoms in total. The van der Waals surface area contributed by atoms with Gasteiger partial charge in [-0.05, 0) is 55.9 Å². The summed E-state index contributed by atoms with van der Waals surface area (Å²) >= 11 is 1.84. The van der Waals surface area contributed by atoms with Crippen LogP contribution in [-0.4, -0.2) is 0 Å². The third-order valence-corrected chi connectivity index (χ3v) is 9.74. The van der Waals surface area contributed by atoms with Gasteiger partial charge in [-0.15, -0.1) is 11.3 Å². The van der Waals surface area contributed by atoms with Crippen molar-refractivity contribution in [2.24, 2.45) is 0 Å². The summed E-state index contributed by atoms with van der Waals surface area (Å²) in [5.74, 6) is 0. The van der Waals surface area contributed by atoms with E-state index >= 15 is 0 Å². The minimum absolute atomic E-state index is 0.930. The van der Waals surface area contributed by atoms with Crippen molar-refractivity contribution in [1.29, 1.82) is 0 Å². The highest BCUT2D eigenvalue weighted by atomic mass is 32.1. The Morgan fingerprint density at radius 3 is 1.50 bits per heavy atom. The first kappa shape index (κ1) is 23.5. The highest BCUT2D eigenvalue weighted by Crippen LogP contribution is 2.53. The van der Waals surface area contributed by atoms with Gasteiger partial charge in [0.1, 0.15) is 5.58 Å². The van der Waals surface area contributed by atoms with Crippen LogP contribution in [0, 0.1) is 0 Å². The molecule has 0 aliphatic carbocycles. The maximum Gasteiger partial charge on any atom is 0.153 e. The lowest BCUT2D eigenvalue weighted by molar-refractivity contribution is 0.673. The number of hydrogen-bond acceptors (Lipinski definition) is 2. The second-order valence-electron chi connectivity index (χ2n) is 10.8. The largest absolute Gasteiger partial charge is 0.455 e. The van der Waals surface area contributed by atoms with Gasteiger partial charge in [0.15, 0.2) is 5.58 Å². The highest BCUT2D eigenvalue weighted by molar-refractivity contribution is 7.24. The van der Waals surface area contributed by atoms with Crippen LogP contribution in [0.15, 0.2) is 150 Å². The SMILES string of the molecule is c1ccc(-c2sc3c(ccc4c5ccccc5oc43)c2-c2c3ccccc3c(-c3ccccc3)c3ccccc23)cc1. The molecule has 0 unspecified atom stereocenters. The highest BCUT2D eigenvalue weighted by Gasteiger charge is 2.24. The second kappa shape index (κ2) is 9.17. The molecule has 9 rings (SSSR count). The van der Waals surface area contributed by atoms with Gasteiger partial charge in [0.05, 0.1) is 4.70 Å². The average Bonchev–Trinajstić information content (AvgIpc) is 3.63. The van der Waals surface area contributed by atoms with Gasteiger partial charge in [-0.2, -0.15) is 0 Å². The summed E-state index contributed by atoms with van der Waals surface area (Å²) in [6.45, 7) is 0. The van der Waals surface area contributed by atoms with Gasteiger partial charge in [0.25, 0.3) is 0 Å². The molecule has 0 saturated heterocycles. The zero-order chi connectivity index (χ0) is 27.6. The van der Waals surface area contributed by atoms with E-state index in [1.54, 1.807) is 0 Å². The summed E-state index contributed by atoms with van der Waals surface area (Å²) in [4.78, 5) is 1.27. The summed E-state index contributed by atoms with van der Waals surface area (Å²) in [6, 6.07) is 52.3. The lowest BCUT2D eigenvalue weighted by Crippen LogP contribution is -1.91. The van der Waals surface area contributed by atoms with Crippen molar-refractivity contribution in [1.82, 2.24) is 0 Å². The van der Waals surface area contributed by atoms with Crippen LogP contribution in [0.1, 0.15) is 0 Å². The molecule has 7 aromatic carbocycles. The standard InChI is InChI=1S/C40H24OS/c1-3-13-25(14-4-1)35-28-18-7-9-20-30(28)36(31-21-10-8-19-29(31)35)37-33-24-23-32-27-17-11-12-22-34(27)41-38(32)40(33)42-39(37)26-15-5-2-6-16-26/h1-24H. The van der Waals surface area contributed by atoms with E-state index < -0.39 is 0 Å². The number of rotatable bonds is 3. The third-order valence-electron chi connectivity index (χ3n) is 8.48. The van der Waals surface area contributed by atoms with Crippen LogP contribution in [0.25, 0.3) is 86.3 Å². The molecule has 9 aromatic rings. The van der Waals surface area contributed by atoms with Crippen molar-refractivity contribution in [3.63, 3.8) is 0 Å². The molecule has 0 N–H and O–H groups in total. The van der Waals surface area contributed by atoms with Crippen molar-refractivity contribution >= 4 is 64.9 Å². The first-order valence-corrected chi connectivity index (χ1v) is 15.1. The lowest BCUT2D eigenvalue weighted by Gasteiger charge is -2.18. The average molecular weight is 553 g/mol. The van der Waals surface area contributed by atoms with Crippen molar-refractivity contribution in [2.45, 2.75) is 0 Å². The van der Waals surface area contributed by atoms with Crippen LogP contribution in [0.4, 0.5) is 0 Å². The number of fused-ring (bicyclic) bond motifs is 7. The maximum absolute atomic E-state index is 6.57. The summed E-state index contributed by atoms with van der Waals surface area (Å²) in [5.41, 5.74) is 8.19. The third kappa shape index (κ3) is 3.36. The molecule has 0 amide bonds. The quantitative estimate of drug-likeness (QED) is 0.199. The fourth-order valence-corrected chi connectivity index (χ4v) is 7.99. The Labute approximate surface area is 246 Å². The molecule has 2 heteroatoms. The van der Waals surface area contributed by atoms with Crippen LogP contribution in [0.2, 0.25) is 0 Å². The van der Waals surface area contributed by atoms with Gasteiger partial charge in [-0.25, -0.2) is 0 Å². The monoisotopic (exact) mass is 552 g/mol. The number of furan rings is 1. The van der Waals surface area contributed by atoms with Crippen molar-refractivity contribution < 1.29 is 4.42 Å². The Morgan fingerprint density at radius 2 is 0.857 bits per heavy atom. The summed E-state index contributed by atoms with van der Waals surface area (Å²) in [6.07, 6.45) is 0. The molecule has 0 fully saturated rings. The normalized spacial score (nSPS) is 11.8. The second-order valence-corrected chi connectivity index (χ2v) is 11.8. The number of thiophene rings is 1. The van der Waals surface area contributed by atoms with E-state index in [9.17, 15) is 0 Å². The number of para-hydroxylation sites is 1. The molecule has 0 aliphatic rings. The van der Waals surface area contributed by atoms with Crippen molar-refractivity contribution in [3.8, 4) is 32.7 Å². The predicted molar refractivity (Wildman–Crippen MR) is 180 cm³/mol. The molecule has 42 heavy (non-hydrogen) atoms. The lowest BCUT2D eigenvalue weighted by atomic mass is 9.84. The van der Waals surface area contributed by atoms with Crippen LogP contribution in [0.3, 0.4) is 0 Å². The van der Waals surface area contributed by atoms with Crippen LogP contribution < -0.4 is 0 Å². The molecule has 0 aliphatic heterocycles. The summed E-state index contributed by atoms with van der Waals surface area (Å²) in [7, 11) is 0. The van der Waals surface area contributed by atoms with E-state index in [4.69, 9.17) is 4.42 Å². The summed E-state index contributed by atoms with van der Waals surface area (Å²) in [5, 5.41) is 8.61. The zero-order valence-corrected chi connectivity index (χ0v) is 23.5. The van der Waals surface area contributed by atoms with Crippen LogP contribution in [0.5, 0.6) is 0 Å². The molecule has 0 bridgehead atoms. The minimum Gasteiger partial charge on any atom is -0.455 e. The molecule has 2 aromatic heterocycles. The fraction of sp³-hybridized carbons (Fsp3) is 0. The molecule has 0 atom stereocenters. The van der Waals surface area contributed by atoms with Gasteiger partial charge in [0.2, 0.25) is 0 Å². The van der Waals surface area contributed by atoms with E-state index in [0.717, 1.165) is 16.6 Å². The smallest absolute Gasteiger partial charge is 0.153 e. The van der Waals surface area contributed by atoms with Crippen molar-refractivity contribution in [2.75, 3.05) is 0 Å². The van der Waals surface area contributed by atoms with Crippen LogP contribution >= 0.6 is 11.3 Å². The van der Waals surface area contributed by atoms with E-state index in [1.165, 1.54) is 69.7 Å². The fourth-order valence-electron chi connectivity index (χ4n) is 6.69. The molecular formula is C40H24OS. The summed E-state index contributed by atoms with van der Waals surface area (Å²) < 4.78 is 7.76. The first-order chi connectivity index (χ1) is 20.9. The van der Waals surface area contributed by atoms with Gasteiger partial charge in [-0.1, -0.05) is 133 Å². The van der Waals surface area contributed by atoms with E-state index in [1.807, 2.05) is 17.4 Å². The van der Waals surface area contributed by atoms with Gasteiger partial charge >= 0.3 is 0 Å². The molecule has 0 radical (unpaired) electrons. The van der Waals surface area contributed by atoms with Gasteiger partial charge < -0.3 is 4.42 Å². The maximum atomic E-state index is 6.57. The molecule has 196 valence electrons. The predicted octanol–water partition coefficient (Wildman–Crippen LogP) is 12.1. The van der Waals surface area contributed by atoms with Gasteiger partial charge in [-0.3, -0.25) is 0 Å². The zero-order valence-electron chi connectivity index (χ0n) is 22.7. The first-order valence-electron chi connectivity index (χ1n) is 14.3. The molecule has 2 heterocycles. The van der Waals surface area contributed by atoms with E-state index in [2.05, 4.69) is 140 Å². The number of benzene rings is 7. The Kier molecular flexibility index (Phi) is 5.13. The Bertz CT molecular complexity index is 2390. The molecule has 0 saturated carbocycles. The van der Waals surface area contributed by atoms with E-state index in [-0.39, 0.29) is 0 Å². The number of hydrogen-bond donors (Lipinski definition) is 0.